The van der Waals surface area contributed by atoms with Gasteiger partial charge in [0.05, 0.1) is 10.7 Å². The van der Waals surface area contributed by atoms with Crippen molar-refractivity contribution in [2.75, 3.05) is 5.75 Å². The van der Waals surface area contributed by atoms with Gasteiger partial charge < -0.3 is 4.57 Å². The summed E-state index contributed by atoms with van der Waals surface area (Å²) in [4.78, 5) is 53.6. The highest BCUT2D eigenvalue weighted by Gasteiger charge is 2.19. The highest BCUT2D eigenvalue weighted by atomic mass is 32.2. The Morgan fingerprint density at radius 1 is 1.28 bits per heavy atom. The number of nitrogens with one attached hydrogen (secondary N) is 1. The number of non-ortho nitro benzene ring substituents is 1. The smallest absolute Gasteiger partial charge is 0.313 e. The van der Waals surface area contributed by atoms with Crippen molar-refractivity contribution < 1.29 is 9.72 Å². The van der Waals surface area contributed by atoms with Gasteiger partial charge in [-0.2, -0.15) is 0 Å². The van der Waals surface area contributed by atoms with E-state index in [0.717, 1.165) is 24.6 Å². The Kier molecular flexibility index (Phi) is 5.97. The van der Waals surface area contributed by atoms with E-state index in [0.29, 0.717) is 22.8 Å². The lowest BCUT2D eigenvalue weighted by Gasteiger charge is -2.07. The molecule has 0 aliphatic heterocycles. The molecule has 0 amide bonds. The molecule has 0 aliphatic rings. The van der Waals surface area contributed by atoms with Gasteiger partial charge in [0.25, 0.3) is 11.2 Å². The molecule has 1 aromatic carbocycles. The molecule has 2 aromatic heterocycles. The van der Waals surface area contributed by atoms with E-state index in [1.165, 1.54) is 35.9 Å². The second-order valence-corrected chi connectivity index (χ2v) is 7.35. The molecule has 0 fully saturated rings. The van der Waals surface area contributed by atoms with Crippen LogP contribution in [-0.4, -0.2) is 35.6 Å². The fourth-order valence-electron chi connectivity index (χ4n) is 2.83. The van der Waals surface area contributed by atoms with E-state index < -0.39 is 16.2 Å². The third-order valence-electron chi connectivity index (χ3n) is 4.44. The Morgan fingerprint density at radius 3 is 2.59 bits per heavy atom. The number of aryl methyl sites for hydroxylation is 2. The predicted octanol–water partition coefficient (Wildman–Crippen LogP) is 2.11. The van der Waals surface area contributed by atoms with E-state index in [2.05, 4.69) is 9.97 Å². The number of carbonyl (C=O) groups excluding carboxylic acids is 1. The number of H-pyrrole nitrogens is 1. The van der Waals surface area contributed by atoms with E-state index in [4.69, 9.17) is 0 Å². The number of ketones is 1. The van der Waals surface area contributed by atoms with Crippen molar-refractivity contribution in [2.24, 2.45) is 7.05 Å². The zero-order valence-corrected chi connectivity index (χ0v) is 16.7. The van der Waals surface area contributed by atoms with Gasteiger partial charge in [0.1, 0.15) is 0 Å². The van der Waals surface area contributed by atoms with Crippen molar-refractivity contribution in [3.05, 3.63) is 60.8 Å². The van der Waals surface area contributed by atoms with E-state index in [1.54, 1.807) is 4.57 Å². The molecule has 10 nitrogen and oxygen atoms in total. The van der Waals surface area contributed by atoms with Crippen LogP contribution in [0.15, 0.2) is 39.0 Å². The standard InChI is InChI=1S/C18H19N5O5S/c1-3-4-9-22-14-15(21(2)17(26)20-16(14)25)19-18(22)29-10-13(24)11-5-7-12(8-6-11)23(27)28/h5-8H,3-4,9-10H2,1-2H3,(H,20,25,26). The highest BCUT2D eigenvalue weighted by molar-refractivity contribution is 7.99. The first-order chi connectivity index (χ1) is 13.8. The number of unbranched alkanes of at least 4 members (excludes halogenated alkanes) is 1. The molecule has 0 aliphatic carbocycles. The van der Waals surface area contributed by atoms with Crippen LogP contribution in [0, 0.1) is 10.1 Å². The molecule has 3 aromatic rings. The molecule has 0 saturated carbocycles. The van der Waals surface area contributed by atoms with Gasteiger partial charge in [0, 0.05) is 31.3 Å². The zero-order chi connectivity index (χ0) is 21.1. The van der Waals surface area contributed by atoms with Crippen LogP contribution in [0.25, 0.3) is 11.2 Å². The SMILES string of the molecule is CCCCn1c(SCC(=O)c2ccc([N+](=O)[O-])cc2)nc2c1c(=O)[nH]c(=O)n2C. The van der Waals surface area contributed by atoms with Gasteiger partial charge in [0.15, 0.2) is 22.1 Å². The number of hydrogen-bond donors (Lipinski definition) is 1. The molecule has 29 heavy (non-hydrogen) atoms. The summed E-state index contributed by atoms with van der Waals surface area (Å²) in [5.74, 6) is -0.180. The third-order valence-corrected chi connectivity index (χ3v) is 5.42. The monoisotopic (exact) mass is 417 g/mol. The summed E-state index contributed by atoms with van der Waals surface area (Å²) in [6, 6.07) is 5.39. The van der Waals surface area contributed by atoms with Gasteiger partial charge in [-0.15, -0.1) is 0 Å². The van der Waals surface area contributed by atoms with Crippen molar-refractivity contribution in [1.82, 2.24) is 19.1 Å². The van der Waals surface area contributed by atoms with E-state index in [-0.39, 0.29) is 22.9 Å². The Balaban J connectivity index is 1.90. The van der Waals surface area contributed by atoms with E-state index in [1.807, 2.05) is 6.92 Å². The molecule has 0 bridgehead atoms. The first kappa shape index (κ1) is 20.5. The average Bonchev–Trinajstić information content (AvgIpc) is 3.07. The minimum absolute atomic E-state index is 0.0408. The Morgan fingerprint density at radius 2 is 1.97 bits per heavy atom. The summed E-state index contributed by atoms with van der Waals surface area (Å²) in [7, 11) is 1.52. The minimum atomic E-state index is -0.554. The van der Waals surface area contributed by atoms with Crippen molar-refractivity contribution in [1.29, 1.82) is 0 Å². The van der Waals surface area contributed by atoms with Crippen molar-refractivity contribution in [3.63, 3.8) is 0 Å². The number of thioether (sulfide) groups is 1. The van der Waals surface area contributed by atoms with Crippen LogP contribution in [0.1, 0.15) is 30.1 Å². The molecule has 152 valence electrons. The Hall–Kier alpha value is -3.21. The molecule has 3 rings (SSSR count). The van der Waals surface area contributed by atoms with Crippen LogP contribution >= 0.6 is 11.8 Å². The Labute approximate surface area is 168 Å². The maximum Gasteiger partial charge on any atom is 0.329 e. The number of aromatic amines is 1. The topological polar surface area (TPSA) is 133 Å². The molecular formula is C18H19N5O5S. The maximum absolute atomic E-state index is 12.5. The molecule has 0 atom stereocenters. The predicted molar refractivity (Wildman–Crippen MR) is 109 cm³/mol. The van der Waals surface area contributed by atoms with Gasteiger partial charge in [0.2, 0.25) is 0 Å². The fraction of sp³-hybridized carbons (Fsp3) is 0.333. The number of nitro benzene ring substituents is 1. The van der Waals surface area contributed by atoms with Crippen molar-refractivity contribution in [3.8, 4) is 0 Å². The molecule has 0 saturated heterocycles. The first-order valence-corrected chi connectivity index (χ1v) is 9.92. The molecule has 0 spiro atoms. The number of fused-ring (bicyclic) bond motifs is 1. The van der Waals surface area contributed by atoms with Gasteiger partial charge in [-0.1, -0.05) is 25.1 Å². The number of nitro groups is 1. The normalized spacial score (nSPS) is 11.1. The lowest BCUT2D eigenvalue weighted by atomic mass is 10.1. The highest BCUT2D eigenvalue weighted by Crippen LogP contribution is 2.23. The number of hydrogen-bond acceptors (Lipinski definition) is 7. The molecular weight excluding hydrogens is 398 g/mol. The number of rotatable bonds is 8. The number of carbonyl (C=O) groups is 1. The minimum Gasteiger partial charge on any atom is -0.313 e. The number of Topliss-reactive ketones (excluding diaryl/α,β-unsaturated/α-hetero) is 1. The summed E-state index contributed by atoms with van der Waals surface area (Å²) < 4.78 is 2.99. The fourth-order valence-corrected chi connectivity index (χ4v) is 3.75. The zero-order valence-electron chi connectivity index (χ0n) is 15.9. The summed E-state index contributed by atoms with van der Waals surface area (Å²) in [5, 5.41) is 11.2. The number of aromatic nitrogens is 4. The molecule has 0 unspecified atom stereocenters. The van der Waals surface area contributed by atoms with Gasteiger partial charge in [-0.25, -0.2) is 9.78 Å². The second kappa shape index (κ2) is 8.43. The first-order valence-electron chi connectivity index (χ1n) is 8.93. The molecule has 11 heteroatoms. The van der Waals surface area contributed by atoms with Crippen LogP contribution < -0.4 is 11.2 Å². The van der Waals surface area contributed by atoms with Crippen LogP contribution in [-0.2, 0) is 13.6 Å². The van der Waals surface area contributed by atoms with Crippen LogP contribution in [0.3, 0.4) is 0 Å². The second-order valence-electron chi connectivity index (χ2n) is 6.41. The van der Waals surface area contributed by atoms with Crippen LogP contribution in [0.5, 0.6) is 0 Å². The molecule has 1 N–H and O–H groups in total. The largest absolute Gasteiger partial charge is 0.329 e. The quantitative estimate of drug-likeness (QED) is 0.257. The summed E-state index contributed by atoms with van der Waals surface area (Å²) in [6.45, 7) is 2.55. The summed E-state index contributed by atoms with van der Waals surface area (Å²) in [5.41, 5.74) is -0.243. The molecule has 2 heterocycles. The number of benzene rings is 1. The van der Waals surface area contributed by atoms with E-state index >= 15 is 0 Å². The van der Waals surface area contributed by atoms with Crippen molar-refractivity contribution in [2.45, 2.75) is 31.5 Å². The molecule has 0 radical (unpaired) electrons. The van der Waals surface area contributed by atoms with E-state index in [9.17, 15) is 24.5 Å². The number of nitrogens with zero attached hydrogens (tertiary/aromatic N) is 4. The Bertz CT molecular complexity index is 1190. The maximum atomic E-state index is 12.5. The van der Waals surface area contributed by atoms with Gasteiger partial charge >= 0.3 is 5.69 Å². The summed E-state index contributed by atoms with van der Waals surface area (Å²) >= 11 is 1.16. The van der Waals surface area contributed by atoms with Gasteiger partial charge in [-0.3, -0.25) is 29.3 Å². The lowest BCUT2D eigenvalue weighted by molar-refractivity contribution is -0.384. The van der Waals surface area contributed by atoms with Crippen LogP contribution in [0.4, 0.5) is 5.69 Å². The van der Waals surface area contributed by atoms with Gasteiger partial charge in [-0.05, 0) is 18.6 Å². The lowest BCUT2D eigenvalue weighted by Crippen LogP contribution is -2.29. The summed E-state index contributed by atoms with van der Waals surface area (Å²) in [6.07, 6.45) is 1.70. The third kappa shape index (κ3) is 4.14. The average molecular weight is 417 g/mol. The number of imidazole rings is 1. The van der Waals surface area contributed by atoms with Crippen molar-refractivity contribution >= 4 is 34.4 Å². The van der Waals surface area contributed by atoms with Crippen LogP contribution in [0.2, 0.25) is 0 Å².